The summed E-state index contributed by atoms with van der Waals surface area (Å²) in [5.74, 6) is 8.28. The summed E-state index contributed by atoms with van der Waals surface area (Å²) in [6, 6.07) is 9.50. The Bertz CT molecular complexity index is 561. The van der Waals surface area contributed by atoms with Gasteiger partial charge in [-0.15, -0.1) is 0 Å². The highest BCUT2D eigenvalue weighted by Crippen LogP contribution is 2.21. The van der Waals surface area contributed by atoms with Crippen molar-refractivity contribution in [3.63, 3.8) is 0 Å². The summed E-state index contributed by atoms with van der Waals surface area (Å²) in [6.45, 7) is 6.00. The third kappa shape index (κ3) is 4.32. The van der Waals surface area contributed by atoms with Crippen molar-refractivity contribution in [2.75, 3.05) is 10.7 Å². The first-order chi connectivity index (χ1) is 10.1. The van der Waals surface area contributed by atoms with Crippen LogP contribution in [0.1, 0.15) is 26.6 Å². The first kappa shape index (κ1) is 15.1. The highest BCUT2D eigenvalue weighted by atomic mass is 16.5. The van der Waals surface area contributed by atoms with E-state index in [2.05, 4.69) is 20.7 Å². The second-order valence-electron chi connectivity index (χ2n) is 4.87. The number of rotatable bonds is 6. The summed E-state index contributed by atoms with van der Waals surface area (Å²) >= 11 is 0. The zero-order valence-corrected chi connectivity index (χ0v) is 12.6. The number of hydrazine groups is 1. The molecule has 6 nitrogen and oxygen atoms in total. The smallest absolute Gasteiger partial charge is 0.145 e. The molecule has 0 unspecified atom stereocenters. The quantitative estimate of drug-likeness (QED) is 0.559. The first-order valence-electron chi connectivity index (χ1n) is 6.99. The molecule has 0 spiro atoms. The van der Waals surface area contributed by atoms with E-state index in [1.807, 2.05) is 45.0 Å². The van der Waals surface area contributed by atoms with Crippen LogP contribution in [0.3, 0.4) is 0 Å². The zero-order chi connectivity index (χ0) is 15.2. The van der Waals surface area contributed by atoms with Crippen molar-refractivity contribution in [2.24, 2.45) is 5.84 Å². The van der Waals surface area contributed by atoms with Crippen molar-refractivity contribution in [1.29, 1.82) is 0 Å². The van der Waals surface area contributed by atoms with Gasteiger partial charge < -0.3 is 15.5 Å². The van der Waals surface area contributed by atoms with Gasteiger partial charge in [0.05, 0.1) is 6.10 Å². The van der Waals surface area contributed by atoms with Crippen LogP contribution in [0, 0.1) is 0 Å². The zero-order valence-electron chi connectivity index (χ0n) is 12.6. The van der Waals surface area contributed by atoms with Gasteiger partial charge in [0.2, 0.25) is 0 Å². The van der Waals surface area contributed by atoms with E-state index in [-0.39, 0.29) is 6.10 Å². The van der Waals surface area contributed by atoms with Crippen LogP contribution in [0.5, 0.6) is 5.75 Å². The van der Waals surface area contributed by atoms with E-state index in [0.717, 1.165) is 23.7 Å². The van der Waals surface area contributed by atoms with Crippen LogP contribution < -0.4 is 21.3 Å². The number of hydrogen-bond acceptors (Lipinski definition) is 6. The molecule has 1 aromatic carbocycles. The van der Waals surface area contributed by atoms with E-state index in [9.17, 15) is 0 Å². The van der Waals surface area contributed by atoms with Crippen molar-refractivity contribution < 1.29 is 4.74 Å². The number of benzene rings is 1. The summed E-state index contributed by atoms with van der Waals surface area (Å²) in [7, 11) is 0. The lowest BCUT2D eigenvalue weighted by molar-refractivity contribution is 0.242. The molecule has 2 aromatic rings. The molecule has 21 heavy (non-hydrogen) atoms. The van der Waals surface area contributed by atoms with Crippen molar-refractivity contribution in [3.05, 3.63) is 36.2 Å². The minimum Gasteiger partial charge on any atom is -0.491 e. The number of nitrogens with one attached hydrogen (secondary N) is 2. The lowest BCUT2D eigenvalue weighted by Gasteiger charge is -2.11. The molecule has 1 heterocycles. The van der Waals surface area contributed by atoms with Crippen molar-refractivity contribution in [2.45, 2.75) is 33.3 Å². The van der Waals surface area contributed by atoms with E-state index < -0.39 is 0 Å². The number of anilines is 3. The fourth-order valence-corrected chi connectivity index (χ4v) is 1.83. The number of aromatic nitrogens is 2. The molecular weight excluding hydrogens is 266 g/mol. The molecule has 2 rings (SSSR count). The molecule has 0 saturated carbocycles. The predicted molar refractivity (Wildman–Crippen MR) is 84.7 cm³/mol. The molecule has 0 fully saturated rings. The Morgan fingerprint density at radius 1 is 1.14 bits per heavy atom. The molecule has 0 aliphatic carbocycles. The Morgan fingerprint density at radius 3 is 2.38 bits per heavy atom. The number of nitrogen functional groups attached to an aromatic ring is 1. The van der Waals surface area contributed by atoms with Gasteiger partial charge in [0.25, 0.3) is 0 Å². The normalized spacial score (nSPS) is 10.5. The Balaban J connectivity index is 2.14. The highest BCUT2D eigenvalue weighted by Gasteiger charge is 2.04. The van der Waals surface area contributed by atoms with Gasteiger partial charge >= 0.3 is 0 Å². The third-order valence-electron chi connectivity index (χ3n) is 2.74. The summed E-state index contributed by atoms with van der Waals surface area (Å²) in [5, 5.41) is 3.23. The monoisotopic (exact) mass is 287 g/mol. The molecule has 0 atom stereocenters. The van der Waals surface area contributed by atoms with Crippen molar-refractivity contribution in [3.8, 4) is 5.75 Å². The standard InChI is InChI=1S/C15H21N5O/c1-4-13-18-14(9-15(19-13)20-16)17-11-5-7-12(8-6-11)21-10(2)3/h5-10H,4,16H2,1-3H3,(H2,17,18,19,20). The molecule has 0 saturated heterocycles. The van der Waals surface area contributed by atoms with E-state index in [0.29, 0.717) is 11.6 Å². The second kappa shape index (κ2) is 6.90. The van der Waals surface area contributed by atoms with Crippen LogP contribution in [0.2, 0.25) is 0 Å². The first-order valence-corrected chi connectivity index (χ1v) is 6.99. The molecule has 0 bridgehead atoms. The van der Waals surface area contributed by atoms with Crippen molar-refractivity contribution in [1.82, 2.24) is 9.97 Å². The van der Waals surface area contributed by atoms with Gasteiger partial charge in [0.1, 0.15) is 23.2 Å². The van der Waals surface area contributed by atoms with E-state index >= 15 is 0 Å². The predicted octanol–water partition coefficient (Wildman–Crippen LogP) is 2.86. The molecule has 0 aliphatic heterocycles. The number of ether oxygens (including phenoxy) is 1. The number of nitrogens with two attached hydrogens (primary N) is 1. The van der Waals surface area contributed by atoms with Crippen LogP contribution in [0.4, 0.5) is 17.3 Å². The molecule has 4 N–H and O–H groups in total. The molecule has 0 amide bonds. The molecule has 112 valence electrons. The fraction of sp³-hybridized carbons (Fsp3) is 0.333. The number of hydrogen-bond donors (Lipinski definition) is 3. The van der Waals surface area contributed by atoms with Crippen LogP contribution >= 0.6 is 0 Å². The van der Waals surface area contributed by atoms with Crippen LogP contribution in [-0.4, -0.2) is 16.1 Å². The molecule has 1 aromatic heterocycles. The largest absolute Gasteiger partial charge is 0.491 e. The van der Waals surface area contributed by atoms with E-state index in [1.165, 1.54) is 0 Å². The highest BCUT2D eigenvalue weighted by molar-refractivity contribution is 5.59. The van der Waals surface area contributed by atoms with Gasteiger partial charge in [0, 0.05) is 18.2 Å². The Kier molecular flexibility index (Phi) is 4.94. The lowest BCUT2D eigenvalue weighted by atomic mass is 10.3. The summed E-state index contributed by atoms with van der Waals surface area (Å²) in [5.41, 5.74) is 3.47. The summed E-state index contributed by atoms with van der Waals surface area (Å²) < 4.78 is 5.61. The van der Waals surface area contributed by atoms with Crippen molar-refractivity contribution >= 4 is 17.3 Å². The fourth-order valence-electron chi connectivity index (χ4n) is 1.83. The van der Waals surface area contributed by atoms with Gasteiger partial charge in [-0.25, -0.2) is 15.8 Å². The maximum Gasteiger partial charge on any atom is 0.145 e. The average molecular weight is 287 g/mol. The lowest BCUT2D eigenvalue weighted by Crippen LogP contribution is -2.11. The maximum absolute atomic E-state index is 5.61. The van der Waals surface area contributed by atoms with Gasteiger partial charge in [0.15, 0.2) is 0 Å². The van der Waals surface area contributed by atoms with Crippen LogP contribution in [-0.2, 0) is 6.42 Å². The summed E-state index contributed by atoms with van der Waals surface area (Å²) in [6.07, 6.45) is 0.904. The molecule has 0 radical (unpaired) electrons. The Morgan fingerprint density at radius 2 is 1.81 bits per heavy atom. The minimum absolute atomic E-state index is 0.163. The third-order valence-corrected chi connectivity index (χ3v) is 2.74. The van der Waals surface area contributed by atoms with Crippen LogP contribution in [0.15, 0.2) is 30.3 Å². The van der Waals surface area contributed by atoms with Gasteiger partial charge in [-0.1, -0.05) is 6.92 Å². The average Bonchev–Trinajstić information content (AvgIpc) is 2.48. The van der Waals surface area contributed by atoms with Crippen LogP contribution in [0.25, 0.3) is 0 Å². The minimum atomic E-state index is 0.163. The second-order valence-corrected chi connectivity index (χ2v) is 4.87. The Labute approximate surface area is 124 Å². The molecule has 6 heteroatoms. The van der Waals surface area contributed by atoms with Gasteiger partial charge in [-0.3, -0.25) is 0 Å². The molecular formula is C15H21N5O. The number of nitrogens with zero attached hydrogens (tertiary/aromatic N) is 2. The number of aryl methyl sites for hydroxylation is 1. The molecule has 0 aliphatic rings. The Hall–Kier alpha value is -2.34. The van der Waals surface area contributed by atoms with E-state index in [4.69, 9.17) is 10.6 Å². The SMILES string of the molecule is CCc1nc(NN)cc(Nc2ccc(OC(C)C)cc2)n1. The van der Waals surface area contributed by atoms with Gasteiger partial charge in [-0.05, 0) is 38.1 Å². The van der Waals surface area contributed by atoms with E-state index in [1.54, 1.807) is 6.07 Å². The topological polar surface area (TPSA) is 85.1 Å². The maximum atomic E-state index is 5.61. The summed E-state index contributed by atoms with van der Waals surface area (Å²) in [4.78, 5) is 8.67. The van der Waals surface area contributed by atoms with Gasteiger partial charge in [-0.2, -0.15) is 0 Å².